The Morgan fingerprint density at radius 2 is 1.04 bits per heavy atom. The molecule has 45 heavy (non-hydrogen) atoms. The van der Waals surface area contributed by atoms with Crippen molar-refractivity contribution in [3.05, 3.63) is 123 Å². The van der Waals surface area contributed by atoms with E-state index in [-0.39, 0.29) is 0 Å². The van der Waals surface area contributed by atoms with Gasteiger partial charge in [0.1, 0.15) is 0 Å². The Hall–Kier alpha value is -4.45. The first-order valence-electron chi connectivity index (χ1n) is 15.5. The molecule has 2 heterocycles. The van der Waals surface area contributed by atoms with Gasteiger partial charge < -0.3 is 0 Å². The fraction of sp³-hybridized carbons (Fsp3) is 0.175. The van der Waals surface area contributed by atoms with Crippen LogP contribution in [0.1, 0.15) is 63.8 Å². The van der Waals surface area contributed by atoms with Crippen LogP contribution < -0.4 is 0 Å². The summed E-state index contributed by atoms with van der Waals surface area (Å²) in [6.07, 6.45) is 9.17. The van der Waals surface area contributed by atoms with Gasteiger partial charge in [-0.3, -0.25) is 15.0 Å². The van der Waals surface area contributed by atoms with E-state index in [0.717, 1.165) is 41.0 Å². The Labute approximate surface area is 273 Å². The lowest BCUT2D eigenvalue weighted by molar-refractivity contribution is 0.942. The molecule has 4 aromatic carbocycles. The van der Waals surface area contributed by atoms with Crippen LogP contribution in [0.25, 0.3) is 31.3 Å². The number of fused-ring (bicyclic) bond motifs is 2. The molecule has 0 spiro atoms. The Kier molecular flexibility index (Phi) is 8.14. The van der Waals surface area contributed by atoms with Crippen LogP contribution in [0.3, 0.4) is 0 Å². The second-order valence-electron chi connectivity index (χ2n) is 11.6. The third-order valence-corrected chi connectivity index (χ3v) is 10.6. The molecule has 2 aromatic heterocycles. The van der Waals surface area contributed by atoms with Crippen LogP contribution in [-0.2, 0) is 0 Å². The molecule has 0 saturated carbocycles. The van der Waals surface area contributed by atoms with Crippen molar-refractivity contribution in [1.82, 2.24) is 0 Å². The van der Waals surface area contributed by atoms with Gasteiger partial charge in [-0.25, -0.2) is 0 Å². The van der Waals surface area contributed by atoms with Crippen LogP contribution >= 0.6 is 22.7 Å². The molecule has 222 valence electrons. The molecule has 0 unspecified atom stereocenters. The van der Waals surface area contributed by atoms with Crippen molar-refractivity contribution in [2.75, 3.05) is 0 Å². The molecule has 1 aliphatic carbocycles. The van der Waals surface area contributed by atoms with Gasteiger partial charge in [0, 0.05) is 48.6 Å². The molecule has 6 aromatic rings. The molecule has 3 nitrogen and oxygen atoms in total. The zero-order valence-corrected chi connectivity index (χ0v) is 27.7. The molecule has 5 heteroatoms. The molecule has 0 amide bonds. The standard InChI is InChI=1S/C40H35N3S2/c1-5-41-30-15-17-32(18-16-30)42-23-28-10-13-31(14-11-28)43-24-29-12-20-36-38(22-29)45-27(4)40(36)34-8-6-7-33(34)39-26(3)44-37-21-25(2)9-19-35(37)39/h5,9-24H,6-8H2,1-4H3. The molecule has 0 fully saturated rings. The Morgan fingerprint density at radius 3 is 1.64 bits per heavy atom. The van der Waals surface area contributed by atoms with Crippen LogP contribution in [0.2, 0.25) is 0 Å². The van der Waals surface area contributed by atoms with Crippen molar-refractivity contribution >= 4 is 89.7 Å². The van der Waals surface area contributed by atoms with Crippen molar-refractivity contribution in [2.24, 2.45) is 15.0 Å². The van der Waals surface area contributed by atoms with Gasteiger partial charge >= 0.3 is 0 Å². The molecule has 7 rings (SSSR count). The number of hydrogen-bond donors (Lipinski definition) is 0. The zero-order chi connectivity index (χ0) is 30.9. The Bertz CT molecular complexity index is 2150. The van der Waals surface area contributed by atoms with Gasteiger partial charge in [-0.05, 0) is 134 Å². The largest absolute Gasteiger partial charge is 0.262 e. The lowest BCUT2D eigenvalue weighted by atomic mass is 9.93. The van der Waals surface area contributed by atoms with Gasteiger partial charge in [0.2, 0.25) is 0 Å². The minimum absolute atomic E-state index is 0.903. The van der Waals surface area contributed by atoms with E-state index >= 15 is 0 Å². The molecule has 0 radical (unpaired) electrons. The predicted molar refractivity (Wildman–Crippen MR) is 200 cm³/mol. The summed E-state index contributed by atoms with van der Waals surface area (Å²) in [4.78, 5) is 16.5. The minimum atomic E-state index is 0.903. The summed E-state index contributed by atoms with van der Waals surface area (Å²) in [5, 5.41) is 2.79. The average molecular weight is 622 g/mol. The van der Waals surface area contributed by atoms with Crippen LogP contribution in [-0.4, -0.2) is 18.6 Å². The Balaban J connectivity index is 1.12. The molecular formula is C40H35N3S2. The van der Waals surface area contributed by atoms with Crippen molar-refractivity contribution < 1.29 is 0 Å². The number of allylic oxidation sites excluding steroid dienone is 2. The normalized spacial score (nSPS) is 14.0. The van der Waals surface area contributed by atoms with Gasteiger partial charge in [0.25, 0.3) is 0 Å². The van der Waals surface area contributed by atoms with E-state index in [1.54, 1.807) is 17.4 Å². The van der Waals surface area contributed by atoms with Crippen LogP contribution in [0.4, 0.5) is 17.1 Å². The first kappa shape index (κ1) is 29.3. The van der Waals surface area contributed by atoms with Gasteiger partial charge in [-0.15, -0.1) is 22.7 Å². The number of benzene rings is 4. The van der Waals surface area contributed by atoms with Gasteiger partial charge in [-0.2, -0.15) is 0 Å². The highest BCUT2D eigenvalue weighted by Crippen LogP contribution is 2.49. The third kappa shape index (κ3) is 5.98. The quantitative estimate of drug-likeness (QED) is 0.159. The number of nitrogens with zero attached hydrogens (tertiary/aromatic N) is 3. The van der Waals surface area contributed by atoms with E-state index in [1.165, 1.54) is 53.0 Å². The molecule has 0 saturated heterocycles. The fourth-order valence-electron chi connectivity index (χ4n) is 6.41. The summed E-state index contributed by atoms with van der Waals surface area (Å²) in [6.45, 7) is 8.69. The maximum absolute atomic E-state index is 4.78. The van der Waals surface area contributed by atoms with Crippen molar-refractivity contribution in [3.8, 4) is 0 Å². The van der Waals surface area contributed by atoms with E-state index in [1.807, 2.05) is 78.4 Å². The first-order valence-corrected chi connectivity index (χ1v) is 17.1. The topological polar surface area (TPSA) is 37.1 Å². The van der Waals surface area contributed by atoms with Crippen LogP contribution in [0.15, 0.2) is 99.9 Å². The van der Waals surface area contributed by atoms with Crippen molar-refractivity contribution in [3.63, 3.8) is 0 Å². The van der Waals surface area contributed by atoms with Gasteiger partial charge in [-0.1, -0.05) is 36.4 Å². The summed E-state index contributed by atoms with van der Waals surface area (Å²) < 4.78 is 2.73. The van der Waals surface area contributed by atoms with Crippen molar-refractivity contribution in [1.29, 1.82) is 0 Å². The molecule has 0 atom stereocenters. The lowest BCUT2D eigenvalue weighted by Crippen LogP contribution is -1.89. The van der Waals surface area contributed by atoms with Crippen LogP contribution in [0.5, 0.6) is 0 Å². The van der Waals surface area contributed by atoms with E-state index in [0.29, 0.717) is 0 Å². The number of aliphatic imine (C=N–C) groups is 3. The van der Waals surface area contributed by atoms with E-state index in [9.17, 15) is 0 Å². The minimum Gasteiger partial charge on any atom is -0.262 e. The number of aryl methyl sites for hydroxylation is 3. The highest BCUT2D eigenvalue weighted by molar-refractivity contribution is 7.19. The molecule has 0 aliphatic heterocycles. The summed E-state index contributed by atoms with van der Waals surface area (Å²) in [5.74, 6) is 0. The van der Waals surface area contributed by atoms with E-state index in [4.69, 9.17) is 4.99 Å². The molecule has 1 aliphatic rings. The smallest absolute Gasteiger partial charge is 0.0631 e. The Morgan fingerprint density at radius 1 is 0.556 bits per heavy atom. The lowest BCUT2D eigenvalue weighted by Gasteiger charge is -2.10. The number of thiophene rings is 2. The van der Waals surface area contributed by atoms with Gasteiger partial charge in [0.15, 0.2) is 0 Å². The third-order valence-electron chi connectivity index (χ3n) is 8.48. The predicted octanol–water partition coefficient (Wildman–Crippen LogP) is 12.4. The zero-order valence-electron chi connectivity index (χ0n) is 26.1. The van der Waals surface area contributed by atoms with Gasteiger partial charge in [0.05, 0.1) is 17.1 Å². The maximum Gasteiger partial charge on any atom is 0.0631 e. The first-order chi connectivity index (χ1) is 22.0. The number of rotatable bonds is 7. The summed E-state index contributed by atoms with van der Waals surface area (Å²) >= 11 is 3.84. The SMILES string of the molecule is CC=Nc1ccc(N=Cc2ccc(N=Cc3ccc4c(C5=C(c6c(C)sc7cc(C)ccc67)CCC5)c(C)sc4c3)cc2)cc1. The second kappa shape index (κ2) is 12.5. The highest BCUT2D eigenvalue weighted by Gasteiger charge is 2.25. The summed E-state index contributed by atoms with van der Waals surface area (Å²) in [6, 6.07) is 29.8. The van der Waals surface area contributed by atoms with E-state index < -0.39 is 0 Å². The average Bonchev–Trinajstić information content (AvgIpc) is 3.73. The fourth-order valence-corrected chi connectivity index (χ4v) is 8.74. The molecule has 0 N–H and O–H groups in total. The van der Waals surface area contributed by atoms with Crippen molar-refractivity contribution in [2.45, 2.75) is 47.0 Å². The maximum atomic E-state index is 4.78. The van der Waals surface area contributed by atoms with Crippen LogP contribution in [0, 0.1) is 20.8 Å². The van der Waals surface area contributed by atoms with E-state index in [2.05, 4.69) is 79.3 Å². The number of hydrogen-bond acceptors (Lipinski definition) is 5. The monoisotopic (exact) mass is 621 g/mol. The second-order valence-corrected chi connectivity index (χ2v) is 14.2. The highest BCUT2D eigenvalue weighted by atomic mass is 32.1. The summed E-state index contributed by atoms with van der Waals surface area (Å²) in [5.41, 5.74) is 12.3. The molecule has 0 bridgehead atoms. The summed E-state index contributed by atoms with van der Waals surface area (Å²) in [7, 11) is 0. The molecular weight excluding hydrogens is 587 g/mol.